The van der Waals surface area contributed by atoms with E-state index >= 15 is 0 Å². The molecule has 0 saturated heterocycles. The van der Waals surface area contributed by atoms with Crippen molar-refractivity contribution in [3.05, 3.63) is 34.9 Å². The van der Waals surface area contributed by atoms with Crippen molar-refractivity contribution >= 4 is 0 Å². The highest BCUT2D eigenvalue weighted by molar-refractivity contribution is 5.30. The summed E-state index contributed by atoms with van der Waals surface area (Å²) in [6.07, 6.45) is 5.32. The maximum atomic E-state index is 5.09. The summed E-state index contributed by atoms with van der Waals surface area (Å²) in [5.41, 5.74) is 4.80. The van der Waals surface area contributed by atoms with E-state index in [0.717, 1.165) is 19.7 Å². The Kier molecular flexibility index (Phi) is 5.00. The van der Waals surface area contributed by atoms with Crippen LogP contribution in [0.4, 0.5) is 0 Å². The zero-order valence-electron chi connectivity index (χ0n) is 12.6. The fourth-order valence-electron chi connectivity index (χ4n) is 2.97. The van der Waals surface area contributed by atoms with Gasteiger partial charge in [-0.3, -0.25) is 0 Å². The first kappa shape index (κ1) is 14.5. The van der Waals surface area contributed by atoms with Crippen molar-refractivity contribution < 1.29 is 4.74 Å². The normalized spacial score (nSPS) is 17.2. The van der Waals surface area contributed by atoms with Gasteiger partial charge in [-0.05, 0) is 55.2 Å². The van der Waals surface area contributed by atoms with Crippen molar-refractivity contribution in [3.63, 3.8) is 0 Å². The van der Waals surface area contributed by atoms with Crippen molar-refractivity contribution in [1.29, 1.82) is 0 Å². The van der Waals surface area contributed by atoms with Gasteiger partial charge in [-0.15, -0.1) is 0 Å². The number of hydrogen-bond donors (Lipinski definition) is 1. The quantitative estimate of drug-likeness (QED) is 0.761. The molecule has 2 nitrogen and oxygen atoms in total. The second kappa shape index (κ2) is 6.53. The molecule has 0 unspecified atom stereocenters. The molecule has 2 heteroatoms. The molecule has 106 valence electrons. The molecule has 0 radical (unpaired) electrons. The number of hydrogen-bond acceptors (Lipinski definition) is 2. The monoisotopic (exact) mass is 261 g/mol. The minimum absolute atomic E-state index is 0.495. The molecule has 0 atom stereocenters. The van der Waals surface area contributed by atoms with Crippen LogP contribution in [0.1, 0.15) is 36.0 Å². The van der Waals surface area contributed by atoms with Crippen molar-refractivity contribution in [2.24, 2.45) is 5.41 Å². The van der Waals surface area contributed by atoms with Gasteiger partial charge in [0.15, 0.2) is 0 Å². The van der Waals surface area contributed by atoms with E-state index < -0.39 is 0 Å². The summed E-state index contributed by atoms with van der Waals surface area (Å²) in [5, 5.41) is 3.55. The smallest absolute Gasteiger partial charge is 0.0587 e. The molecule has 1 saturated carbocycles. The van der Waals surface area contributed by atoms with E-state index in [-0.39, 0.29) is 0 Å². The predicted molar refractivity (Wildman–Crippen MR) is 80.6 cm³/mol. The number of nitrogens with one attached hydrogen (secondary N) is 1. The number of benzene rings is 1. The molecule has 1 aliphatic carbocycles. The predicted octanol–water partition coefficient (Wildman–Crippen LogP) is 3.25. The maximum absolute atomic E-state index is 5.09. The lowest BCUT2D eigenvalue weighted by molar-refractivity contribution is 0.123. The molecule has 19 heavy (non-hydrogen) atoms. The van der Waals surface area contributed by atoms with Gasteiger partial charge in [-0.2, -0.15) is 0 Å². The zero-order chi connectivity index (χ0) is 13.7. The Morgan fingerprint density at radius 3 is 2.58 bits per heavy atom. The molecular formula is C17H27NO. The molecule has 0 spiro atoms. The Morgan fingerprint density at radius 2 is 2.00 bits per heavy atom. The van der Waals surface area contributed by atoms with Crippen LogP contribution >= 0.6 is 0 Å². The molecule has 1 aromatic carbocycles. The van der Waals surface area contributed by atoms with Gasteiger partial charge in [0.25, 0.3) is 0 Å². The number of rotatable bonds is 7. The van der Waals surface area contributed by atoms with E-state index in [1.807, 2.05) is 0 Å². The second-order valence-corrected chi connectivity index (χ2v) is 6.12. The highest BCUT2D eigenvalue weighted by atomic mass is 16.5. The lowest BCUT2D eigenvalue weighted by Gasteiger charge is -2.42. The Bertz CT molecular complexity index is 410. The topological polar surface area (TPSA) is 21.3 Å². The first-order chi connectivity index (χ1) is 9.15. The highest BCUT2D eigenvalue weighted by Gasteiger charge is 2.36. The first-order valence-corrected chi connectivity index (χ1v) is 7.41. The summed E-state index contributed by atoms with van der Waals surface area (Å²) < 4.78 is 5.09. The van der Waals surface area contributed by atoms with E-state index in [9.17, 15) is 0 Å². The highest BCUT2D eigenvalue weighted by Crippen LogP contribution is 2.43. The molecule has 0 amide bonds. The molecule has 1 fully saturated rings. The molecule has 1 aromatic rings. The van der Waals surface area contributed by atoms with Gasteiger partial charge in [-0.25, -0.2) is 0 Å². The van der Waals surface area contributed by atoms with Gasteiger partial charge in [-0.1, -0.05) is 24.6 Å². The number of methoxy groups -OCH3 is 1. The second-order valence-electron chi connectivity index (χ2n) is 6.12. The van der Waals surface area contributed by atoms with E-state index in [0.29, 0.717) is 5.41 Å². The molecule has 0 aromatic heterocycles. The van der Waals surface area contributed by atoms with Crippen LogP contribution in [0.2, 0.25) is 0 Å². The number of ether oxygens (including phenoxy) is 1. The van der Waals surface area contributed by atoms with Crippen molar-refractivity contribution in [2.45, 2.75) is 39.5 Å². The van der Waals surface area contributed by atoms with Crippen LogP contribution in [0, 0.1) is 19.3 Å². The summed E-state index contributed by atoms with van der Waals surface area (Å²) in [4.78, 5) is 0. The fourth-order valence-corrected chi connectivity index (χ4v) is 2.97. The Balaban J connectivity index is 1.92. The zero-order valence-corrected chi connectivity index (χ0v) is 12.6. The van der Waals surface area contributed by atoms with Crippen LogP contribution in [-0.2, 0) is 11.2 Å². The molecule has 0 heterocycles. The SMILES string of the molecule is COCCNCC1(Cc2ccc(C)c(C)c2)CCC1. The first-order valence-electron chi connectivity index (χ1n) is 7.41. The fraction of sp³-hybridized carbons (Fsp3) is 0.647. The molecule has 0 bridgehead atoms. The van der Waals surface area contributed by atoms with Gasteiger partial charge < -0.3 is 10.1 Å². The van der Waals surface area contributed by atoms with Crippen LogP contribution < -0.4 is 5.32 Å². The average Bonchev–Trinajstić information content (AvgIpc) is 2.35. The largest absolute Gasteiger partial charge is 0.383 e. The average molecular weight is 261 g/mol. The van der Waals surface area contributed by atoms with E-state index in [1.165, 1.54) is 42.4 Å². The molecule has 0 aliphatic heterocycles. The van der Waals surface area contributed by atoms with E-state index in [1.54, 1.807) is 7.11 Å². The van der Waals surface area contributed by atoms with Gasteiger partial charge in [0.2, 0.25) is 0 Å². The van der Waals surface area contributed by atoms with Crippen molar-refractivity contribution in [2.75, 3.05) is 26.8 Å². The van der Waals surface area contributed by atoms with Gasteiger partial charge in [0.1, 0.15) is 0 Å². The van der Waals surface area contributed by atoms with Crippen LogP contribution in [0.25, 0.3) is 0 Å². The third-order valence-corrected chi connectivity index (χ3v) is 4.55. The van der Waals surface area contributed by atoms with Crippen LogP contribution in [0.5, 0.6) is 0 Å². The third-order valence-electron chi connectivity index (χ3n) is 4.55. The van der Waals surface area contributed by atoms with Crippen molar-refractivity contribution in [3.8, 4) is 0 Å². The van der Waals surface area contributed by atoms with Crippen LogP contribution in [0.3, 0.4) is 0 Å². The lowest BCUT2D eigenvalue weighted by atomic mass is 9.65. The summed E-state index contributed by atoms with van der Waals surface area (Å²) in [6, 6.07) is 6.93. The molecule has 1 aliphatic rings. The molecule has 1 N–H and O–H groups in total. The van der Waals surface area contributed by atoms with E-state index in [4.69, 9.17) is 4.74 Å². The van der Waals surface area contributed by atoms with Crippen LogP contribution in [-0.4, -0.2) is 26.8 Å². The Labute approximate surface area is 117 Å². The van der Waals surface area contributed by atoms with Crippen molar-refractivity contribution in [1.82, 2.24) is 5.32 Å². The Morgan fingerprint density at radius 1 is 1.21 bits per heavy atom. The summed E-state index contributed by atoms with van der Waals surface area (Å²) >= 11 is 0. The lowest BCUT2D eigenvalue weighted by Crippen LogP contribution is -2.42. The Hall–Kier alpha value is -0.860. The molecular weight excluding hydrogens is 234 g/mol. The summed E-state index contributed by atoms with van der Waals surface area (Å²) in [5.74, 6) is 0. The minimum Gasteiger partial charge on any atom is -0.383 e. The van der Waals surface area contributed by atoms with Gasteiger partial charge >= 0.3 is 0 Å². The third kappa shape index (κ3) is 3.80. The van der Waals surface area contributed by atoms with Crippen LogP contribution in [0.15, 0.2) is 18.2 Å². The standard InChI is InChI=1S/C17H27NO/c1-14-5-6-16(11-15(14)2)12-17(7-4-8-17)13-18-9-10-19-3/h5-6,11,18H,4,7-10,12-13H2,1-3H3. The molecule has 2 rings (SSSR count). The maximum Gasteiger partial charge on any atom is 0.0587 e. The van der Waals surface area contributed by atoms with Gasteiger partial charge in [0.05, 0.1) is 6.61 Å². The summed E-state index contributed by atoms with van der Waals surface area (Å²) in [6.45, 7) is 7.29. The minimum atomic E-state index is 0.495. The number of aryl methyl sites for hydroxylation is 2. The summed E-state index contributed by atoms with van der Waals surface area (Å²) in [7, 11) is 1.76. The van der Waals surface area contributed by atoms with E-state index in [2.05, 4.69) is 37.4 Å². The van der Waals surface area contributed by atoms with Gasteiger partial charge in [0, 0.05) is 20.2 Å².